The summed E-state index contributed by atoms with van der Waals surface area (Å²) in [6, 6.07) is 8.19. The summed E-state index contributed by atoms with van der Waals surface area (Å²) in [7, 11) is 0. The van der Waals surface area contributed by atoms with E-state index in [0.29, 0.717) is 0 Å². The number of hydrogen-bond donors (Lipinski definition) is 0. The SMILES string of the molecule is Cc1nc2ccccc2s1.[Zn]. The van der Waals surface area contributed by atoms with Crippen LogP contribution in [0.5, 0.6) is 0 Å². The Hall–Kier alpha value is -0.267. The Morgan fingerprint density at radius 1 is 1.27 bits per heavy atom. The number of para-hydroxylation sites is 1. The van der Waals surface area contributed by atoms with Gasteiger partial charge in [0, 0.05) is 19.5 Å². The van der Waals surface area contributed by atoms with Crippen LogP contribution in [0.3, 0.4) is 0 Å². The molecule has 0 bridgehead atoms. The zero-order valence-electron chi connectivity index (χ0n) is 6.37. The largest absolute Gasteiger partial charge is 0.242 e. The summed E-state index contributed by atoms with van der Waals surface area (Å²) in [5.74, 6) is 0. The van der Waals surface area contributed by atoms with Crippen LogP contribution in [0.2, 0.25) is 0 Å². The molecule has 3 heteroatoms. The number of hydrogen-bond acceptors (Lipinski definition) is 2. The van der Waals surface area contributed by atoms with Gasteiger partial charge in [0.05, 0.1) is 15.2 Å². The van der Waals surface area contributed by atoms with Crippen LogP contribution < -0.4 is 0 Å². The second kappa shape index (κ2) is 3.42. The summed E-state index contributed by atoms with van der Waals surface area (Å²) in [5, 5.41) is 1.14. The maximum atomic E-state index is 4.33. The number of aryl methyl sites for hydroxylation is 1. The normalized spacial score (nSPS) is 9.55. The van der Waals surface area contributed by atoms with Crippen LogP contribution in [-0.4, -0.2) is 4.98 Å². The Balaban J connectivity index is 0.000000605. The second-order valence-electron chi connectivity index (χ2n) is 2.20. The molecule has 1 aromatic heterocycles. The predicted octanol–water partition coefficient (Wildman–Crippen LogP) is 2.60. The van der Waals surface area contributed by atoms with E-state index in [2.05, 4.69) is 11.1 Å². The zero-order valence-corrected chi connectivity index (χ0v) is 10.2. The van der Waals surface area contributed by atoms with Gasteiger partial charge in [0.1, 0.15) is 0 Å². The topological polar surface area (TPSA) is 12.9 Å². The molecule has 0 unspecified atom stereocenters. The molecule has 0 saturated heterocycles. The van der Waals surface area contributed by atoms with E-state index in [0.717, 1.165) is 10.5 Å². The molecule has 0 aliphatic heterocycles. The standard InChI is InChI=1S/C8H7NS.Zn/c1-6-9-7-4-2-3-5-8(7)10-6;/h2-5H,1H3;. The van der Waals surface area contributed by atoms with Crippen molar-refractivity contribution in [2.24, 2.45) is 0 Å². The van der Waals surface area contributed by atoms with Crippen molar-refractivity contribution in [3.05, 3.63) is 29.3 Å². The average molecular weight is 215 g/mol. The van der Waals surface area contributed by atoms with Crippen molar-refractivity contribution >= 4 is 21.6 Å². The minimum Gasteiger partial charge on any atom is -0.242 e. The molecule has 52 valence electrons. The van der Waals surface area contributed by atoms with Crippen molar-refractivity contribution in [1.29, 1.82) is 0 Å². The van der Waals surface area contributed by atoms with Gasteiger partial charge in [0.25, 0.3) is 0 Å². The van der Waals surface area contributed by atoms with Crippen LogP contribution >= 0.6 is 11.3 Å². The number of nitrogens with zero attached hydrogens (tertiary/aromatic N) is 1. The Labute approximate surface area is 82.2 Å². The minimum atomic E-state index is 0. The molecule has 0 fully saturated rings. The third-order valence-electron chi connectivity index (χ3n) is 1.40. The molecular weight excluding hydrogens is 208 g/mol. The quantitative estimate of drug-likeness (QED) is 0.615. The van der Waals surface area contributed by atoms with Crippen molar-refractivity contribution in [3.63, 3.8) is 0 Å². The first-order valence-electron chi connectivity index (χ1n) is 3.18. The molecule has 0 N–H and O–H groups in total. The summed E-state index contributed by atoms with van der Waals surface area (Å²) >= 11 is 1.74. The van der Waals surface area contributed by atoms with Crippen LogP contribution in [0.25, 0.3) is 10.2 Å². The average Bonchev–Trinajstić information content (AvgIpc) is 2.27. The summed E-state index contributed by atoms with van der Waals surface area (Å²) in [5.41, 5.74) is 1.12. The summed E-state index contributed by atoms with van der Waals surface area (Å²) in [6.45, 7) is 2.03. The Morgan fingerprint density at radius 3 is 2.73 bits per heavy atom. The molecule has 2 rings (SSSR count). The molecule has 1 nitrogen and oxygen atoms in total. The zero-order chi connectivity index (χ0) is 6.97. The van der Waals surface area contributed by atoms with Gasteiger partial charge in [-0.2, -0.15) is 0 Å². The van der Waals surface area contributed by atoms with Crippen molar-refractivity contribution < 1.29 is 19.5 Å². The molecule has 0 atom stereocenters. The van der Waals surface area contributed by atoms with Gasteiger partial charge >= 0.3 is 0 Å². The van der Waals surface area contributed by atoms with E-state index in [1.54, 1.807) is 11.3 Å². The van der Waals surface area contributed by atoms with Crippen LogP contribution in [0.4, 0.5) is 0 Å². The first-order valence-corrected chi connectivity index (χ1v) is 4.00. The first-order chi connectivity index (χ1) is 4.86. The fourth-order valence-electron chi connectivity index (χ4n) is 0.987. The van der Waals surface area contributed by atoms with E-state index < -0.39 is 0 Å². The number of thiazole rings is 1. The molecule has 0 aliphatic rings. The van der Waals surface area contributed by atoms with Gasteiger partial charge in [-0.3, -0.25) is 0 Å². The number of aromatic nitrogens is 1. The molecule has 0 amide bonds. The number of fused-ring (bicyclic) bond motifs is 1. The monoisotopic (exact) mass is 213 g/mol. The van der Waals surface area contributed by atoms with Crippen LogP contribution in [0.1, 0.15) is 5.01 Å². The van der Waals surface area contributed by atoms with Gasteiger partial charge in [0.15, 0.2) is 0 Å². The maximum absolute atomic E-state index is 4.33. The summed E-state index contributed by atoms with van der Waals surface area (Å²) < 4.78 is 1.28. The van der Waals surface area contributed by atoms with Gasteiger partial charge in [0.2, 0.25) is 0 Å². The van der Waals surface area contributed by atoms with Gasteiger partial charge in [-0.15, -0.1) is 11.3 Å². The number of benzene rings is 1. The predicted molar refractivity (Wildman–Crippen MR) is 44.4 cm³/mol. The van der Waals surface area contributed by atoms with E-state index in [9.17, 15) is 0 Å². The molecule has 2 aromatic rings. The smallest absolute Gasteiger partial charge is 0.0907 e. The molecule has 1 heterocycles. The van der Waals surface area contributed by atoms with E-state index in [1.807, 2.05) is 25.1 Å². The van der Waals surface area contributed by atoms with E-state index >= 15 is 0 Å². The van der Waals surface area contributed by atoms with Gasteiger partial charge < -0.3 is 0 Å². The second-order valence-corrected chi connectivity index (χ2v) is 3.44. The fraction of sp³-hybridized carbons (Fsp3) is 0.125. The van der Waals surface area contributed by atoms with Crippen molar-refractivity contribution in [3.8, 4) is 0 Å². The third kappa shape index (κ3) is 1.66. The van der Waals surface area contributed by atoms with E-state index in [1.165, 1.54) is 4.70 Å². The Bertz CT molecular complexity index is 323. The molecule has 0 saturated carbocycles. The minimum absolute atomic E-state index is 0. The van der Waals surface area contributed by atoms with E-state index in [-0.39, 0.29) is 19.5 Å². The summed E-state index contributed by atoms with van der Waals surface area (Å²) in [6.07, 6.45) is 0. The molecule has 11 heavy (non-hydrogen) atoms. The fourth-order valence-corrected chi connectivity index (χ4v) is 1.81. The van der Waals surface area contributed by atoms with Gasteiger partial charge in [-0.1, -0.05) is 12.1 Å². The van der Waals surface area contributed by atoms with Gasteiger partial charge in [-0.25, -0.2) is 4.98 Å². The van der Waals surface area contributed by atoms with Crippen molar-refractivity contribution in [1.82, 2.24) is 4.98 Å². The van der Waals surface area contributed by atoms with Gasteiger partial charge in [-0.05, 0) is 19.1 Å². The third-order valence-corrected chi connectivity index (χ3v) is 2.35. The molecule has 0 spiro atoms. The summed E-state index contributed by atoms with van der Waals surface area (Å²) in [4.78, 5) is 4.33. The number of rotatable bonds is 0. The van der Waals surface area contributed by atoms with E-state index in [4.69, 9.17) is 0 Å². The maximum Gasteiger partial charge on any atom is 0.0907 e. The Morgan fingerprint density at radius 2 is 2.00 bits per heavy atom. The first kappa shape index (κ1) is 8.83. The van der Waals surface area contributed by atoms with Crippen LogP contribution in [0, 0.1) is 6.92 Å². The van der Waals surface area contributed by atoms with Crippen molar-refractivity contribution in [2.75, 3.05) is 0 Å². The molecule has 0 aliphatic carbocycles. The Kier molecular flexibility index (Phi) is 2.74. The van der Waals surface area contributed by atoms with Crippen molar-refractivity contribution in [2.45, 2.75) is 6.92 Å². The van der Waals surface area contributed by atoms with Crippen LogP contribution in [-0.2, 0) is 19.5 Å². The van der Waals surface area contributed by atoms with Crippen LogP contribution in [0.15, 0.2) is 24.3 Å². The molecule has 0 radical (unpaired) electrons. The molecule has 1 aromatic carbocycles. The molecular formula is C8H7NSZn.